The molecule has 1 aromatic carbocycles. The van der Waals surface area contributed by atoms with Crippen molar-refractivity contribution < 1.29 is 19.1 Å². The number of allylic oxidation sites excluding steroid dienone is 1. The molecule has 0 atom stereocenters. The quantitative estimate of drug-likeness (QED) is 0.744. The Morgan fingerprint density at radius 2 is 1.93 bits per heavy atom. The molecule has 146 valence electrons. The minimum Gasteiger partial charge on any atom is -0.486 e. The maximum atomic E-state index is 12.3. The fourth-order valence-electron chi connectivity index (χ4n) is 3.42. The second-order valence-electron chi connectivity index (χ2n) is 7.02. The van der Waals surface area contributed by atoms with Gasteiger partial charge in [-0.3, -0.25) is 9.59 Å². The number of rotatable bonds is 7. The van der Waals surface area contributed by atoms with Gasteiger partial charge in [0.25, 0.3) is 0 Å². The first-order chi connectivity index (χ1) is 13.1. The molecule has 1 heterocycles. The van der Waals surface area contributed by atoms with Crippen molar-refractivity contribution >= 4 is 17.5 Å². The number of hydrogen-bond donors (Lipinski definition) is 1. The Bertz CT molecular complexity index is 714. The fourth-order valence-corrected chi connectivity index (χ4v) is 3.42. The van der Waals surface area contributed by atoms with Crippen LogP contribution in [0, 0.1) is 0 Å². The molecule has 1 N–H and O–H groups in total. The predicted octanol–water partition coefficient (Wildman–Crippen LogP) is 3.53. The van der Waals surface area contributed by atoms with Gasteiger partial charge in [-0.2, -0.15) is 0 Å². The van der Waals surface area contributed by atoms with Gasteiger partial charge in [0.2, 0.25) is 11.8 Å². The van der Waals surface area contributed by atoms with E-state index in [1.807, 2.05) is 0 Å². The average molecular weight is 372 g/mol. The minimum absolute atomic E-state index is 0.0125. The van der Waals surface area contributed by atoms with Crippen LogP contribution in [-0.4, -0.2) is 43.0 Å². The van der Waals surface area contributed by atoms with E-state index in [9.17, 15) is 9.59 Å². The summed E-state index contributed by atoms with van der Waals surface area (Å²) in [5, 5.41) is 2.87. The van der Waals surface area contributed by atoms with Crippen LogP contribution in [0.4, 0.5) is 5.69 Å². The second kappa shape index (κ2) is 9.44. The molecule has 2 aliphatic rings. The molecule has 0 aromatic heterocycles. The molecule has 0 spiro atoms. The number of anilines is 1. The van der Waals surface area contributed by atoms with Gasteiger partial charge in [0, 0.05) is 38.2 Å². The van der Waals surface area contributed by atoms with Gasteiger partial charge in [0.05, 0.1) is 0 Å². The highest BCUT2D eigenvalue weighted by atomic mass is 16.6. The molecule has 3 rings (SSSR count). The maximum absolute atomic E-state index is 12.3. The molecule has 1 aliphatic heterocycles. The van der Waals surface area contributed by atoms with Crippen LogP contribution in [0.3, 0.4) is 0 Å². The zero-order valence-corrected chi connectivity index (χ0v) is 16.0. The van der Waals surface area contributed by atoms with Crippen molar-refractivity contribution in [1.29, 1.82) is 0 Å². The maximum Gasteiger partial charge on any atom is 0.226 e. The SMILES string of the molecule is CC(=O)N(CCC(=O)Nc1ccc2c(c1)OCCO2)CCC1=CCCCC1. The molecular formula is C21H28N2O4. The van der Waals surface area contributed by atoms with Crippen molar-refractivity contribution in [2.45, 2.75) is 45.4 Å². The van der Waals surface area contributed by atoms with E-state index in [2.05, 4.69) is 11.4 Å². The molecular weight excluding hydrogens is 344 g/mol. The van der Waals surface area contributed by atoms with Gasteiger partial charge < -0.3 is 19.7 Å². The van der Waals surface area contributed by atoms with E-state index in [4.69, 9.17) is 9.47 Å². The Morgan fingerprint density at radius 3 is 2.67 bits per heavy atom. The molecule has 0 unspecified atom stereocenters. The molecule has 1 aliphatic carbocycles. The highest BCUT2D eigenvalue weighted by Crippen LogP contribution is 2.32. The molecule has 0 fully saturated rings. The van der Waals surface area contributed by atoms with Crippen LogP contribution in [0.15, 0.2) is 29.8 Å². The standard InChI is InChI=1S/C21H28N2O4/c1-16(24)23(11-9-17-5-3-2-4-6-17)12-10-21(25)22-18-7-8-19-20(15-18)27-14-13-26-19/h5,7-8,15H,2-4,6,9-14H2,1H3,(H,22,25). The summed E-state index contributed by atoms with van der Waals surface area (Å²) in [4.78, 5) is 25.9. The van der Waals surface area contributed by atoms with Gasteiger partial charge in [-0.25, -0.2) is 0 Å². The van der Waals surface area contributed by atoms with E-state index in [1.54, 1.807) is 30.0 Å². The Morgan fingerprint density at radius 1 is 1.11 bits per heavy atom. The third kappa shape index (κ3) is 5.74. The van der Waals surface area contributed by atoms with Crippen LogP contribution >= 0.6 is 0 Å². The molecule has 6 nitrogen and oxygen atoms in total. The smallest absolute Gasteiger partial charge is 0.226 e. The number of nitrogens with one attached hydrogen (secondary N) is 1. The van der Waals surface area contributed by atoms with Crippen LogP contribution in [-0.2, 0) is 9.59 Å². The largest absolute Gasteiger partial charge is 0.486 e. The Labute approximate surface area is 160 Å². The number of hydrogen-bond acceptors (Lipinski definition) is 4. The van der Waals surface area contributed by atoms with Crippen LogP contribution < -0.4 is 14.8 Å². The van der Waals surface area contributed by atoms with Crippen molar-refractivity contribution in [2.75, 3.05) is 31.6 Å². The Balaban J connectivity index is 1.47. The zero-order valence-electron chi connectivity index (χ0n) is 16.0. The van der Waals surface area contributed by atoms with E-state index in [0.717, 1.165) is 19.3 Å². The van der Waals surface area contributed by atoms with E-state index in [1.165, 1.54) is 18.4 Å². The second-order valence-corrected chi connectivity index (χ2v) is 7.02. The molecule has 2 amide bonds. The molecule has 0 saturated carbocycles. The summed E-state index contributed by atoms with van der Waals surface area (Å²) in [7, 11) is 0. The first-order valence-corrected chi connectivity index (χ1v) is 9.75. The van der Waals surface area contributed by atoms with Gasteiger partial charge in [0.1, 0.15) is 13.2 Å². The topological polar surface area (TPSA) is 67.9 Å². The predicted molar refractivity (Wildman–Crippen MR) is 104 cm³/mol. The molecule has 0 saturated heterocycles. The Hall–Kier alpha value is -2.50. The normalized spacial score (nSPS) is 15.7. The number of amides is 2. The molecule has 0 radical (unpaired) electrons. The number of ether oxygens (including phenoxy) is 2. The van der Waals surface area contributed by atoms with Gasteiger partial charge >= 0.3 is 0 Å². The van der Waals surface area contributed by atoms with E-state index in [-0.39, 0.29) is 18.2 Å². The third-order valence-electron chi connectivity index (χ3n) is 4.97. The average Bonchev–Trinajstić information content (AvgIpc) is 2.68. The Kier molecular flexibility index (Phi) is 6.74. The highest BCUT2D eigenvalue weighted by Gasteiger charge is 2.15. The molecule has 1 aromatic rings. The van der Waals surface area contributed by atoms with E-state index >= 15 is 0 Å². The summed E-state index contributed by atoms with van der Waals surface area (Å²) < 4.78 is 11.0. The monoisotopic (exact) mass is 372 g/mol. The van der Waals surface area contributed by atoms with E-state index in [0.29, 0.717) is 43.5 Å². The van der Waals surface area contributed by atoms with Gasteiger partial charge in [-0.1, -0.05) is 11.6 Å². The van der Waals surface area contributed by atoms with Crippen molar-refractivity contribution in [1.82, 2.24) is 4.90 Å². The highest BCUT2D eigenvalue weighted by molar-refractivity contribution is 5.91. The zero-order chi connectivity index (χ0) is 19.1. The van der Waals surface area contributed by atoms with Crippen molar-refractivity contribution in [3.8, 4) is 11.5 Å². The van der Waals surface area contributed by atoms with Crippen molar-refractivity contribution in [3.05, 3.63) is 29.8 Å². The summed E-state index contributed by atoms with van der Waals surface area (Å²) in [5.74, 6) is 1.23. The summed E-state index contributed by atoms with van der Waals surface area (Å²) in [6.45, 7) is 3.72. The summed E-state index contributed by atoms with van der Waals surface area (Å²) in [6, 6.07) is 5.36. The third-order valence-corrected chi connectivity index (χ3v) is 4.97. The fraction of sp³-hybridized carbons (Fsp3) is 0.524. The molecule has 27 heavy (non-hydrogen) atoms. The lowest BCUT2D eigenvalue weighted by Crippen LogP contribution is -2.33. The van der Waals surface area contributed by atoms with Gasteiger partial charge in [-0.05, 0) is 44.2 Å². The van der Waals surface area contributed by atoms with Crippen LogP contribution in [0.2, 0.25) is 0 Å². The summed E-state index contributed by atoms with van der Waals surface area (Å²) in [5.41, 5.74) is 2.11. The van der Waals surface area contributed by atoms with Crippen molar-refractivity contribution in [3.63, 3.8) is 0 Å². The van der Waals surface area contributed by atoms with Crippen LogP contribution in [0.1, 0.15) is 45.4 Å². The minimum atomic E-state index is -0.116. The first kappa shape index (κ1) is 19.3. The van der Waals surface area contributed by atoms with Crippen LogP contribution in [0.25, 0.3) is 0 Å². The summed E-state index contributed by atoms with van der Waals surface area (Å²) >= 11 is 0. The number of carbonyl (C=O) groups excluding carboxylic acids is 2. The number of nitrogens with zero attached hydrogens (tertiary/aromatic N) is 1. The van der Waals surface area contributed by atoms with Gasteiger partial charge in [0.15, 0.2) is 11.5 Å². The van der Waals surface area contributed by atoms with Gasteiger partial charge in [-0.15, -0.1) is 0 Å². The van der Waals surface area contributed by atoms with Crippen molar-refractivity contribution in [2.24, 2.45) is 0 Å². The summed E-state index contributed by atoms with van der Waals surface area (Å²) in [6.07, 6.45) is 8.26. The lowest BCUT2D eigenvalue weighted by Gasteiger charge is -2.23. The van der Waals surface area contributed by atoms with E-state index < -0.39 is 0 Å². The number of fused-ring (bicyclic) bond motifs is 1. The molecule has 6 heteroatoms. The number of benzene rings is 1. The lowest BCUT2D eigenvalue weighted by molar-refractivity contribution is -0.129. The first-order valence-electron chi connectivity index (χ1n) is 9.75. The lowest BCUT2D eigenvalue weighted by atomic mass is 9.97. The number of carbonyl (C=O) groups is 2. The van der Waals surface area contributed by atoms with Crippen LogP contribution in [0.5, 0.6) is 11.5 Å². The molecule has 0 bridgehead atoms.